The predicted octanol–water partition coefficient (Wildman–Crippen LogP) is 0.620. The first kappa shape index (κ1) is 21.6. The molecule has 1 amide bonds. The summed E-state index contributed by atoms with van der Waals surface area (Å²) in [5.74, 6) is -1.45. The van der Waals surface area contributed by atoms with Crippen LogP contribution in [0.1, 0.15) is 5.56 Å². The number of esters is 1. The number of anilines is 1. The molecule has 2 rings (SSSR count). The largest absolute Gasteiger partial charge is 0.466 e. The molecule has 0 unspecified atom stereocenters. The fraction of sp³-hybridized carbons (Fsp3) is 0.250. The molecule has 0 radical (unpaired) electrons. The number of benzene rings is 1. The summed E-state index contributed by atoms with van der Waals surface area (Å²) in [6.45, 7) is 0.151. The number of amidine groups is 1. The van der Waals surface area contributed by atoms with E-state index >= 15 is 0 Å². The van der Waals surface area contributed by atoms with Gasteiger partial charge in [-0.1, -0.05) is 12.1 Å². The van der Waals surface area contributed by atoms with Crippen molar-refractivity contribution in [3.8, 4) is 0 Å². The van der Waals surface area contributed by atoms with Gasteiger partial charge in [0.1, 0.15) is 0 Å². The van der Waals surface area contributed by atoms with E-state index in [1.54, 1.807) is 36.2 Å². The molecule has 0 aliphatic carbocycles. The molecular weight excluding hydrogens is 408 g/mol. The van der Waals surface area contributed by atoms with Crippen molar-refractivity contribution in [2.24, 2.45) is 10.2 Å². The molecule has 1 aromatic rings. The molecule has 1 aliphatic rings. The molecule has 0 aromatic heterocycles. The van der Waals surface area contributed by atoms with Crippen LogP contribution in [0.3, 0.4) is 0 Å². The minimum Gasteiger partial charge on any atom is -0.466 e. The van der Waals surface area contributed by atoms with E-state index in [0.717, 1.165) is 29.1 Å². The molecule has 150 valence electrons. The number of methoxy groups -OCH3 is 1. The molecule has 2 N–H and O–H groups in total. The van der Waals surface area contributed by atoms with Crippen molar-refractivity contribution in [1.82, 2.24) is 5.32 Å². The first-order valence-electron chi connectivity index (χ1n) is 7.84. The predicted molar refractivity (Wildman–Crippen MR) is 107 cm³/mol. The summed E-state index contributed by atoms with van der Waals surface area (Å²) in [5, 5.41) is 10.5. The molecule has 0 saturated carbocycles. The SMILES string of the molecule is COC(=O)/C=C1/S/C(=N\N=Cc2ccc(N(C)CCS(=O)(=O)O)cc2)NC1=O. The van der Waals surface area contributed by atoms with Gasteiger partial charge >= 0.3 is 5.97 Å². The fourth-order valence-electron chi connectivity index (χ4n) is 1.99. The minimum absolute atomic E-state index is 0.151. The number of hydrogen-bond donors (Lipinski definition) is 2. The van der Waals surface area contributed by atoms with E-state index in [-0.39, 0.29) is 22.4 Å². The summed E-state index contributed by atoms with van der Waals surface area (Å²) < 4.78 is 34.9. The van der Waals surface area contributed by atoms with E-state index in [1.807, 2.05) is 0 Å². The number of thioether (sulfide) groups is 1. The normalized spacial score (nSPS) is 17.3. The van der Waals surface area contributed by atoms with Gasteiger partial charge in [-0.3, -0.25) is 14.7 Å². The lowest BCUT2D eigenvalue weighted by atomic mass is 10.2. The van der Waals surface area contributed by atoms with Gasteiger partial charge in [0.2, 0.25) is 0 Å². The standard InChI is InChI=1S/C16H18N4O6S2/c1-20(7-8-28(23,24)25)12-5-3-11(4-6-12)10-17-19-16-18-15(22)13(27-16)9-14(21)26-2/h3-6,9-10H,7-8H2,1-2H3,(H,18,19,22)(H,23,24,25)/b13-9+,17-10?. The van der Waals surface area contributed by atoms with Crippen LogP contribution in [0.15, 0.2) is 45.4 Å². The van der Waals surface area contributed by atoms with E-state index in [9.17, 15) is 18.0 Å². The molecule has 28 heavy (non-hydrogen) atoms. The molecule has 0 spiro atoms. The van der Waals surface area contributed by atoms with Gasteiger partial charge in [-0.2, -0.15) is 13.5 Å². The molecule has 1 aliphatic heterocycles. The molecule has 0 atom stereocenters. The van der Waals surface area contributed by atoms with Crippen molar-refractivity contribution in [2.75, 3.05) is 31.4 Å². The maximum absolute atomic E-state index is 11.7. The van der Waals surface area contributed by atoms with E-state index in [0.29, 0.717) is 0 Å². The van der Waals surface area contributed by atoms with Crippen LogP contribution in [0.5, 0.6) is 0 Å². The molecule has 10 nitrogen and oxygen atoms in total. The average Bonchev–Trinajstić information content (AvgIpc) is 2.98. The van der Waals surface area contributed by atoms with Crippen molar-refractivity contribution in [1.29, 1.82) is 0 Å². The van der Waals surface area contributed by atoms with Gasteiger partial charge in [0.15, 0.2) is 5.17 Å². The number of nitrogens with one attached hydrogen (secondary N) is 1. The second kappa shape index (κ2) is 9.48. The Bertz CT molecular complexity index is 938. The Morgan fingerprint density at radius 2 is 2.04 bits per heavy atom. The molecular formula is C16H18N4O6S2. The van der Waals surface area contributed by atoms with Gasteiger partial charge in [0.05, 0.1) is 24.0 Å². The molecule has 1 aromatic carbocycles. The number of carbonyl (C=O) groups is 2. The average molecular weight is 426 g/mol. The number of amides is 1. The highest BCUT2D eigenvalue weighted by Gasteiger charge is 2.24. The lowest BCUT2D eigenvalue weighted by Gasteiger charge is -2.18. The van der Waals surface area contributed by atoms with Gasteiger partial charge in [-0.15, -0.1) is 5.10 Å². The monoisotopic (exact) mass is 426 g/mol. The highest BCUT2D eigenvalue weighted by atomic mass is 32.2. The molecule has 1 saturated heterocycles. The topological polar surface area (TPSA) is 138 Å². The number of nitrogens with zero attached hydrogens (tertiary/aromatic N) is 3. The van der Waals surface area contributed by atoms with Crippen molar-refractivity contribution in [3.63, 3.8) is 0 Å². The Balaban J connectivity index is 1.96. The third-order valence-corrected chi connectivity index (χ3v) is 5.07. The van der Waals surface area contributed by atoms with Crippen LogP contribution < -0.4 is 10.2 Å². The van der Waals surface area contributed by atoms with Crippen LogP contribution in [0, 0.1) is 0 Å². The van der Waals surface area contributed by atoms with E-state index < -0.39 is 22.0 Å². The van der Waals surface area contributed by atoms with Gasteiger partial charge in [0.25, 0.3) is 16.0 Å². The number of carbonyl (C=O) groups excluding carboxylic acids is 2. The van der Waals surface area contributed by atoms with Gasteiger partial charge in [-0.05, 0) is 29.5 Å². The lowest BCUT2D eigenvalue weighted by molar-refractivity contribution is -0.135. The fourth-order valence-corrected chi connectivity index (χ4v) is 3.23. The summed E-state index contributed by atoms with van der Waals surface area (Å²) >= 11 is 0.971. The summed E-state index contributed by atoms with van der Waals surface area (Å²) in [6, 6.07) is 7.04. The highest BCUT2D eigenvalue weighted by Crippen LogP contribution is 2.23. The van der Waals surface area contributed by atoms with Crippen LogP contribution in [-0.2, 0) is 24.4 Å². The highest BCUT2D eigenvalue weighted by molar-refractivity contribution is 8.18. The number of hydrogen-bond acceptors (Lipinski definition) is 9. The Hall–Kier alpha value is -2.70. The van der Waals surface area contributed by atoms with Crippen LogP contribution >= 0.6 is 11.8 Å². The van der Waals surface area contributed by atoms with Crippen LogP contribution in [0.25, 0.3) is 0 Å². The quantitative estimate of drug-likeness (QED) is 0.213. The van der Waals surface area contributed by atoms with Crippen molar-refractivity contribution >= 4 is 50.8 Å². The van der Waals surface area contributed by atoms with Crippen LogP contribution in [0.2, 0.25) is 0 Å². The Morgan fingerprint density at radius 3 is 2.64 bits per heavy atom. The van der Waals surface area contributed by atoms with Gasteiger partial charge in [-0.25, -0.2) is 4.79 Å². The van der Waals surface area contributed by atoms with Crippen LogP contribution in [-0.4, -0.2) is 62.7 Å². The first-order valence-corrected chi connectivity index (χ1v) is 10.3. The Kier molecular flexibility index (Phi) is 7.31. The van der Waals surface area contributed by atoms with E-state index in [2.05, 4.69) is 20.3 Å². The first-order chi connectivity index (χ1) is 13.2. The van der Waals surface area contributed by atoms with Crippen molar-refractivity contribution in [3.05, 3.63) is 40.8 Å². The van der Waals surface area contributed by atoms with Gasteiger partial charge in [0, 0.05) is 25.4 Å². The Labute approximate surface area is 166 Å². The van der Waals surface area contributed by atoms with Gasteiger partial charge < -0.3 is 9.64 Å². The van der Waals surface area contributed by atoms with Crippen molar-refractivity contribution < 1.29 is 27.3 Å². The Morgan fingerprint density at radius 1 is 1.36 bits per heavy atom. The zero-order chi connectivity index (χ0) is 20.7. The molecule has 12 heteroatoms. The zero-order valence-corrected chi connectivity index (χ0v) is 16.7. The maximum atomic E-state index is 11.7. The molecule has 1 heterocycles. The second-order valence-electron chi connectivity index (χ2n) is 5.54. The molecule has 0 bridgehead atoms. The summed E-state index contributed by atoms with van der Waals surface area (Å²) in [6.07, 6.45) is 2.55. The summed E-state index contributed by atoms with van der Waals surface area (Å²) in [7, 11) is -1.09. The second-order valence-corrected chi connectivity index (χ2v) is 8.14. The zero-order valence-electron chi connectivity index (χ0n) is 15.0. The van der Waals surface area contributed by atoms with Crippen LogP contribution in [0.4, 0.5) is 5.69 Å². The third-order valence-electron chi connectivity index (χ3n) is 3.47. The molecule has 1 fully saturated rings. The maximum Gasteiger partial charge on any atom is 0.331 e. The lowest BCUT2D eigenvalue weighted by Crippen LogP contribution is -2.24. The summed E-state index contributed by atoms with van der Waals surface area (Å²) in [4.78, 5) is 24.7. The third kappa shape index (κ3) is 6.79. The van der Waals surface area contributed by atoms with E-state index in [1.165, 1.54) is 13.3 Å². The summed E-state index contributed by atoms with van der Waals surface area (Å²) in [5.41, 5.74) is 1.50. The number of rotatable bonds is 7. The number of ether oxygens (including phenoxy) is 1. The van der Waals surface area contributed by atoms with E-state index in [4.69, 9.17) is 4.55 Å². The minimum atomic E-state index is -4.01. The smallest absolute Gasteiger partial charge is 0.331 e. The van der Waals surface area contributed by atoms with Crippen molar-refractivity contribution in [2.45, 2.75) is 0 Å².